The number of rotatable bonds is 5. The number of hydrogen-bond acceptors (Lipinski definition) is 4. The van der Waals surface area contributed by atoms with Gasteiger partial charge >= 0.3 is 6.18 Å². The maximum absolute atomic E-state index is 12.4. The van der Waals surface area contributed by atoms with Gasteiger partial charge in [-0.2, -0.15) is 13.2 Å². The number of nitrogens with zero attached hydrogens (tertiary/aromatic N) is 3. The highest BCUT2D eigenvalue weighted by molar-refractivity contribution is 14.0. The highest BCUT2D eigenvalue weighted by Gasteiger charge is 2.34. The van der Waals surface area contributed by atoms with Crippen molar-refractivity contribution in [3.8, 4) is 0 Å². The second kappa shape index (κ2) is 9.44. The number of halogens is 4. The van der Waals surface area contributed by atoms with Crippen molar-refractivity contribution in [1.82, 2.24) is 20.7 Å². The van der Waals surface area contributed by atoms with Gasteiger partial charge in [-0.1, -0.05) is 12.1 Å². The molecule has 0 saturated carbocycles. The lowest BCUT2D eigenvalue weighted by atomic mass is 10.3. The Morgan fingerprint density at radius 1 is 1.50 bits per heavy atom. The van der Waals surface area contributed by atoms with Crippen molar-refractivity contribution >= 4 is 29.9 Å². The van der Waals surface area contributed by atoms with Crippen LogP contribution in [0.4, 0.5) is 13.2 Å². The molecule has 1 aliphatic heterocycles. The summed E-state index contributed by atoms with van der Waals surface area (Å²) in [7, 11) is 1.62. The van der Waals surface area contributed by atoms with E-state index in [-0.39, 0.29) is 30.0 Å². The standard InChI is InChI=1S/C14H22F3N5O.HI/c1-3-10-6-12(23-21-10)7-19-13(18-2)20-11-4-5-22(8-11)9-14(15,16)17;/h6,11H,3-5,7-9H2,1-2H3,(H2,18,19,20);1H. The van der Waals surface area contributed by atoms with Gasteiger partial charge in [0.2, 0.25) is 0 Å². The molecule has 2 N–H and O–H groups in total. The highest BCUT2D eigenvalue weighted by Crippen LogP contribution is 2.19. The summed E-state index contributed by atoms with van der Waals surface area (Å²) in [6.07, 6.45) is -2.70. The molecule has 2 heterocycles. The summed E-state index contributed by atoms with van der Waals surface area (Å²) in [6.45, 7) is 2.32. The number of guanidine groups is 1. The van der Waals surface area contributed by atoms with Crippen LogP contribution in [0.1, 0.15) is 24.8 Å². The number of aryl methyl sites for hydroxylation is 1. The molecule has 0 aromatic carbocycles. The van der Waals surface area contributed by atoms with Crippen molar-refractivity contribution in [2.75, 3.05) is 26.7 Å². The Labute approximate surface area is 156 Å². The molecule has 1 aromatic heterocycles. The van der Waals surface area contributed by atoms with Crippen molar-refractivity contribution in [3.63, 3.8) is 0 Å². The van der Waals surface area contributed by atoms with Crippen LogP contribution in [-0.4, -0.2) is 54.9 Å². The van der Waals surface area contributed by atoms with E-state index in [2.05, 4.69) is 20.8 Å². The van der Waals surface area contributed by atoms with Crippen molar-refractivity contribution < 1.29 is 17.7 Å². The van der Waals surface area contributed by atoms with Gasteiger partial charge in [0.1, 0.15) is 0 Å². The minimum atomic E-state index is -4.15. The summed E-state index contributed by atoms with van der Waals surface area (Å²) in [5.41, 5.74) is 0.878. The Kier molecular flexibility index (Phi) is 8.27. The molecular weight excluding hydrogens is 438 g/mol. The topological polar surface area (TPSA) is 65.7 Å². The predicted octanol–water partition coefficient (Wildman–Crippen LogP) is 2.16. The number of likely N-dealkylation sites (tertiary alicyclic amines) is 1. The molecule has 1 aromatic rings. The fourth-order valence-corrected chi connectivity index (χ4v) is 2.51. The molecular formula is C14H23F3IN5O. The van der Waals surface area contributed by atoms with E-state index < -0.39 is 12.7 Å². The lowest BCUT2D eigenvalue weighted by molar-refractivity contribution is -0.143. The molecule has 24 heavy (non-hydrogen) atoms. The average molecular weight is 461 g/mol. The zero-order valence-corrected chi connectivity index (χ0v) is 16.0. The van der Waals surface area contributed by atoms with Gasteiger partial charge in [0.05, 0.1) is 18.8 Å². The fraction of sp³-hybridized carbons (Fsp3) is 0.714. The van der Waals surface area contributed by atoms with Gasteiger partial charge in [-0.3, -0.25) is 9.89 Å². The molecule has 1 aliphatic rings. The molecule has 0 radical (unpaired) electrons. The molecule has 0 amide bonds. The second-order valence-electron chi connectivity index (χ2n) is 5.54. The molecule has 2 rings (SSSR count). The van der Waals surface area contributed by atoms with Crippen LogP contribution < -0.4 is 10.6 Å². The largest absolute Gasteiger partial charge is 0.401 e. The van der Waals surface area contributed by atoms with Crippen LogP contribution in [0, 0.1) is 0 Å². The van der Waals surface area contributed by atoms with E-state index in [4.69, 9.17) is 4.52 Å². The molecule has 6 nitrogen and oxygen atoms in total. The Hall–Kier alpha value is -1.04. The van der Waals surface area contributed by atoms with Crippen LogP contribution in [0.15, 0.2) is 15.6 Å². The maximum atomic E-state index is 12.4. The third-order valence-electron chi connectivity index (χ3n) is 3.64. The summed E-state index contributed by atoms with van der Waals surface area (Å²) < 4.78 is 42.3. The third kappa shape index (κ3) is 6.83. The molecule has 10 heteroatoms. The first-order chi connectivity index (χ1) is 10.9. The first-order valence-electron chi connectivity index (χ1n) is 7.60. The van der Waals surface area contributed by atoms with Gasteiger partial charge in [-0.15, -0.1) is 24.0 Å². The zero-order chi connectivity index (χ0) is 16.9. The van der Waals surface area contributed by atoms with Gasteiger partial charge in [0, 0.05) is 32.2 Å². The molecule has 1 fully saturated rings. The predicted molar refractivity (Wildman–Crippen MR) is 95.5 cm³/mol. The smallest absolute Gasteiger partial charge is 0.359 e. The lowest BCUT2D eigenvalue weighted by Crippen LogP contribution is -2.44. The van der Waals surface area contributed by atoms with Crippen molar-refractivity contribution in [2.45, 2.75) is 38.5 Å². The third-order valence-corrected chi connectivity index (χ3v) is 3.64. The van der Waals surface area contributed by atoms with Crippen LogP contribution in [-0.2, 0) is 13.0 Å². The monoisotopic (exact) mass is 461 g/mol. The minimum Gasteiger partial charge on any atom is -0.359 e. The normalized spacial score (nSPS) is 19.2. The lowest BCUT2D eigenvalue weighted by Gasteiger charge is -2.19. The van der Waals surface area contributed by atoms with E-state index in [1.807, 2.05) is 13.0 Å². The SMILES string of the molecule is CCc1cc(CNC(=NC)NC2CCN(CC(F)(F)F)C2)on1.I. The van der Waals surface area contributed by atoms with Gasteiger partial charge in [-0.25, -0.2) is 0 Å². The summed E-state index contributed by atoms with van der Waals surface area (Å²) >= 11 is 0. The molecule has 1 saturated heterocycles. The van der Waals surface area contributed by atoms with Gasteiger partial charge in [0.15, 0.2) is 11.7 Å². The van der Waals surface area contributed by atoms with Crippen molar-refractivity contribution in [1.29, 1.82) is 0 Å². The number of hydrogen-bond donors (Lipinski definition) is 2. The van der Waals surface area contributed by atoms with Gasteiger partial charge in [-0.05, 0) is 12.8 Å². The Morgan fingerprint density at radius 2 is 2.25 bits per heavy atom. The number of aromatic nitrogens is 1. The molecule has 1 unspecified atom stereocenters. The van der Waals surface area contributed by atoms with Crippen LogP contribution in [0.2, 0.25) is 0 Å². The van der Waals surface area contributed by atoms with E-state index in [1.165, 1.54) is 4.90 Å². The van der Waals surface area contributed by atoms with E-state index in [9.17, 15) is 13.2 Å². The summed E-state index contributed by atoms with van der Waals surface area (Å²) in [5.74, 6) is 1.23. The number of alkyl halides is 3. The average Bonchev–Trinajstić information content (AvgIpc) is 3.10. The van der Waals surface area contributed by atoms with Crippen LogP contribution >= 0.6 is 24.0 Å². The molecule has 138 valence electrons. The first-order valence-corrected chi connectivity index (χ1v) is 7.60. The maximum Gasteiger partial charge on any atom is 0.401 e. The number of nitrogens with one attached hydrogen (secondary N) is 2. The Bertz CT molecular complexity index is 535. The fourth-order valence-electron chi connectivity index (χ4n) is 2.51. The molecule has 0 aliphatic carbocycles. The van der Waals surface area contributed by atoms with E-state index in [1.54, 1.807) is 7.05 Å². The first kappa shape index (κ1) is 21.0. The highest BCUT2D eigenvalue weighted by atomic mass is 127. The summed E-state index contributed by atoms with van der Waals surface area (Å²) in [5, 5.41) is 10.1. The van der Waals surface area contributed by atoms with Crippen molar-refractivity contribution in [3.05, 3.63) is 17.5 Å². The second-order valence-corrected chi connectivity index (χ2v) is 5.54. The van der Waals surface area contributed by atoms with E-state index in [0.717, 1.165) is 12.1 Å². The van der Waals surface area contributed by atoms with Crippen LogP contribution in [0.25, 0.3) is 0 Å². The van der Waals surface area contributed by atoms with Gasteiger partial charge < -0.3 is 15.2 Å². The van der Waals surface area contributed by atoms with Crippen molar-refractivity contribution in [2.24, 2.45) is 4.99 Å². The Balaban J connectivity index is 0.00000288. The molecule has 0 bridgehead atoms. The zero-order valence-electron chi connectivity index (χ0n) is 13.7. The Morgan fingerprint density at radius 3 is 2.83 bits per heavy atom. The van der Waals surface area contributed by atoms with Gasteiger partial charge in [0.25, 0.3) is 0 Å². The van der Waals surface area contributed by atoms with Crippen LogP contribution in [0.5, 0.6) is 0 Å². The summed E-state index contributed by atoms with van der Waals surface area (Å²) in [4.78, 5) is 5.48. The molecule has 1 atom stereocenters. The summed E-state index contributed by atoms with van der Waals surface area (Å²) in [6, 6.07) is 1.81. The van der Waals surface area contributed by atoms with E-state index >= 15 is 0 Å². The quantitative estimate of drug-likeness (QED) is 0.400. The minimum absolute atomic E-state index is 0. The van der Waals surface area contributed by atoms with Crippen LogP contribution in [0.3, 0.4) is 0 Å². The number of aliphatic imine (C=N–C) groups is 1. The molecule has 0 spiro atoms. The van der Waals surface area contributed by atoms with E-state index in [0.29, 0.717) is 37.8 Å².